The summed E-state index contributed by atoms with van der Waals surface area (Å²) >= 11 is 0. The Morgan fingerprint density at radius 2 is 1.00 bits per heavy atom. The Kier molecular flexibility index (Phi) is 4.98. The molecule has 6 nitrogen and oxygen atoms in total. The molecule has 0 radical (unpaired) electrons. The summed E-state index contributed by atoms with van der Waals surface area (Å²) in [6, 6.07) is 16.2. The summed E-state index contributed by atoms with van der Waals surface area (Å²) in [7, 11) is 0. The highest BCUT2D eigenvalue weighted by Crippen LogP contribution is 2.28. The third kappa shape index (κ3) is 3.99. The fourth-order valence-electron chi connectivity index (χ4n) is 2.31. The summed E-state index contributed by atoms with van der Waals surface area (Å²) in [5.74, 6) is 0. The first-order valence-electron chi connectivity index (χ1n) is 6.66. The molecule has 6 heteroatoms. The molecule has 0 fully saturated rings. The third-order valence-corrected chi connectivity index (χ3v) is 3.21. The quantitative estimate of drug-likeness (QED) is 0.682. The van der Waals surface area contributed by atoms with Crippen molar-refractivity contribution < 1.29 is 19.8 Å². The monoisotopic (exact) mass is 300 g/mol. The van der Waals surface area contributed by atoms with Crippen LogP contribution >= 0.6 is 0 Å². The topological polar surface area (TPSA) is 98.7 Å². The standard InChI is InChI=1S/C16H16N2O4/c19-15(20)17-13(11-7-3-1-4-8-11)14(18-16(21)22)12-9-5-2-6-10-12/h1-10,13-14,17-18H,(H,19,20)(H,21,22). The second-order valence-electron chi connectivity index (χ2n) is 4.68. The molecule has 0 aromatic heterocycles. The van der Waals surface area contributed by atoms with Crippen molar-refractivity contribution >= 4 is 12.2 Å². The lowest BCUT2D eigenvalue weighted by atomic mass is 9.93. The number of hydrogen-bond donors (Lipinski definition) is 4. The fraction of sp³-hybridized carbons (Fsp3) is 0.125. The van der Waals surface area contributed by atoms with E-state index in [0.717, 1.165) is 0 Å². The molecule has 2 amide bonds. The van der Waals surface area contributed by atoms with Crippen LogP contribution in [0.2, 0.25) is 0 Å². The minimum atomic E-state index is -1.22. The molecule has 2 aromatic rings. The van der Waals surface area contributed by atoms with Gasteiger partial charge in [0.25, 0.3) is 0 Å². The van der Waals surface area contributed by atoms with Gasteiger partial charge in [-0.15, -0.1) is 0 Å². The summed E-state index contributed by atoms with van der Waals surface area (Å²) in [4.78, 5) is 22.2. The van der Waals surface area contributed by atoms with E-state index in [0.29, 0.717) is 11.1 Å². The number of benzene rings is 2. The summed E-state index contributed by atoms with van der Waals surface area (Å²) in [5, 5.41) is 23.0. The van der Waals surface area contributed by atoms with E-state index < -0.39 is 24.3 Å². The average molecular weight is 300 g/mol. The molecule has 0 bridgehead atoms. The molecule has 2 aromatic carbocycles. The summed E-state index contributed by atoms with van der Waals surface area (Å²) in [5.41, 5.74) is 1.35. The van der Waals surface area contributed by atoms with Gasteiger partial charge in [0.05, 0.1) is 12.1 Å². The van der Waals surface area contributed by atoms with Gasteiger partial charge in [-0.1, -0.05) is 60.7 Å². The second kappa shape index (κ2) is 7.12. The molecule has 2 unspecified atom stereocenters. The van der Waals surface area contributed by atoms with Gasteiger partial charge < -0.3 is 20.8 Å². The van der Waals surface area contributed by atoms with Crippen molar-refractivity contribution in [1.29, 1.82) is 0 Å². The van der Waals surface area contributed by atoms with Gasteiger partial charge in [-0.25, -0.2) is 9.59 Å². The van der Waals surface area contributed by atoms with Crippen molar-refractivity contribution in [3.05, 3.63) is 71.8 Å². The zero-order valence-electron chi connectivity index (χ0n) is 11.6. The van der Waals surface area contributed by atoms with E-state index in [4.69, 9.17) is 10.2 Å². The number of amides is 2. The number of rotatable bonds is 5. The van der Waals surface area contributed by atoms with Gasteiger partial charge >= 0.3 is 12.2 Å². The van der Waals surface area contributed by atoms with Gasteiger partial charge in [0.15, 0.2) is 0 Å². The van der Waals surface area contributed by atoms with Gasteiger partial charge in [0, 0.05) is 0 Å². The van der Waals surface area contributed by atoms with Crippen LogP contribution in [0.4, 0.5) is 9.59 Å². The second-order valence-corrected chi connectivity index (χ2v) is 4.68. The van der Waals surface area contributed by atoms with Crippen molar-refractivity contribution in [1.82, 2.24) is 10.6 Å². The van der Waals surface area contributed by atoms with Gasteiger partial charge in [0.2, 0.25) is 0 Å². The third-order valence-electron chi connectivity index (χ3n) is 3.21. The van der Waals surface area contributed by atoms with Crippen LogP contribution in [0.15, 0.2) is 60.7 Å². The molecule has 0 saturated carbocycles. The van der Waals surface area contributed by atoms with E-state index in [1.165, 1.54) is 0 Å². The Bertz CT molecular complexity index is 574. The first-order valence-corrected chi connectivity index (χ1v) is 6.66. The van der Waals surface area contributed by atoms with Gasteiger partial charge in [0.1, 0.15) is 0 Å². The van der Waals surface area contributed by atoms with Crippen LogP contribution < -0.4 is 10.6 Å². The molecule has 0 aliphatic rings. The van der Waals surface area contributed by atoms with Crippen molar-refractivity contribution in [2.24, 2.45) is 0 Å². The molecule has 0 aliphatic carbocycles. The normalized spacial score (nSPS) is 12.9. The molecule has 22 heavy (non-hydrogen) atoms. The van der Waals surface area contributed by atoms with Crippen molar-refractivity contribution in [2.75, 3.05) is 0 Å². The van der Waals surface area contributed by atoms with Crippen LogP contribution in [0.25, 0.3) is 0 Å². The lowest BCUT2D eigenvalue weighted by molar-refractivity contribution is 0.175. The van der Waals surface area contributed by atoms with Crippen LogP contribution in [0, 0.1) is 0 Å². The molecule has 0 heterocycles. The van der Waals surface area contributed by atoms with Crippen LogP contribution in [-0.4, -0.2) is 22.4 Å². The highest BCUT2D eigenvalue weighted by Gasteiger charge is 2.27. The zero-order valence-corrected chi connectivity index (χ0v) is 11.6. The average Bonchev–Trinajstić information content (AvgIpc) is 2.52. The van der Waals surface area contributed by atoms with E-state index in [1.54, 1.807) is 48.5 Å². The molecule has 0 spiro atoms. The molecular formula is C16H16N2O4. The smallest absolute Gasteiger partial charge is 0.405 e. The number of hydrogen-bond acceptors (Lipinski definition) is 2. The lowest BCUT2D eigenvalue weighted by Crippen LogP contribution is -2.39. The molecule has 2 atom stereocenters. The predicted octanol–water partition coefficient (Wildman–Crippen LogP) is 3.00. The Balaban J connectivity index is 2.43. The molecule has 2 rings (SSSR count). The van der Waals surface area contributed by atoms with E-state index in [1.807, 2.05) is 12.1 Å². The van der Waals surface area contributed by atoms with Crippen molar-refractivity contribution in [2.45, 2.75) is 12.1 Å². The van der Waals surface area contributed by atoms with Crippen LogP contribution in [0.5, 0.6) is 0 Å². The van der Waals surface area contributed by atoms with E-state index in [-0.39, 0.29) is 0 Å². The molecule has 114 valence electrons. The maximum absolute atomic E-state index is 11.1. The van der Waals surface area contributed by atoms with Crippen LogP contribution in [0.1, 0.15) is 23.2 Å². The fourth-order valence-corrected chi connectivity index (χ4v) is 2.31. The van der Waals surface area contributed by atoms with Gasteiger partial charge in [-0.2, -0.15) is 0 Å². The van der Waals surface area contributed by atoms with Gasteiger partial charge in [-0.05, 0) is 11.1 Å². The van der Waals surface area contributed by atoms with E-state index >= 15 is 0 Å². The first-order chi connectivity index (χ1) is 10.6. The molecule has 4 N–H and O–H groups in total. The SMILES string of the molecule is O=C(O)NC(c1ccccc1)C(NC(=O)O)c1ccccc1. The van der Waals surface area contributed by atoms with Gasteiger partial charge in [-0.3, -0.25) is 0 Å². The summed E-state index contributed by atoms with van der Waals surface area (Å²) in [6.07, 6.45) is -2.44. The number of carbonyl (C=O) groups is 2. The van der Waals surface area contributed by atoms with E-state index in [2.05, 4.69) is 10.6 Å². The first kappa shape index (κ1) is 15.4. The predicted molar refractivity (Wildman–Crippen MR) is 80.7 cm³/mol. The summed E-state index contributed by atoms with van der Waals surface area (Å²) in [6.45, 7) is 0. The Labute approximate surface area is 127 Å². The molecular weight excluding hydrogens is 284 g/mol. The minimum absolute atomic E-state index is 0.674. The lowest BCUT2D eigenvalue weighted by Gasteiger charge is -2.27. The van der Waals surface area contributed by atoms with Crippen LogP contribution in [-0.2, 0) is 0 Å². The maximum Gasteiger partial charge on any atom is 0.405 e. The molecule has 0 aliphatic heterocycles. The number of carboxylic acid groups (broad SMARTS) is 2. The minimum Gasteiger partial charge on any atom is -0.465 e. The zero-order chi connectivity index (χ0) is 15.9. The Morgan fingerprint density at radius 3 is 1.27 bits per heavy atom. The Morgan fingerprint density at radius 1 is 0.682 bits per heavy atom. The van der Waals surface area contributed by atoms with Crippen molar-refractivity contribution in [3.63, 3.8) is 0 Å². The Hall–Kier alpha value is -3.02. The number of nitrogens with one attached hydrogen (secondary N) is 2. The highest BCUT2D eigenvalue weighted by atomic mass is 16.4. The molecule has 0 saturated heterocycles. The van der Waals surface area contributed by atoms with Crippen LogP contribution in [0.3, 0.4) is 0 Å². The van der Waals surface area contributed by atoms with Crippen molar-refractivity contribution in [3.8, 4) is 0 Å². The maximum atomic E-state index is 11.1. The summed E-state index contributed by atoms with van der Waals surface area (Å²) < 4.78 is 0. The van der Waals surface area contributed by atoms with E-state index in [9.17, 15) is 9.59 Å². The highest BCUT2D eigenvalue weighted by molar-refractivity contribution is 5.67. The largest absolute Gasteiger partial charge is 0.465 e.